The summed E-state index contributed by atoms with van der Waals surface area (Å²) >= 11 is 0. The Morgan fingerprint density at radius 2 is 2.08 bits per heavy atom. The molecule has 7 nitrogen and oxygen atoms in total. The summed E-state index contributed by atoms with van der Waals surface area (Å²) in [5.41, 5.74) is 5.82. The highest BCUT2D eigenvalue weighted by atomic mass is 16.5. The average molecular weight is 328 g/mol. The maximum absolute atomic E-state index is 12.5. The summed E-state index contributed by atoms with van der Waals surface area (Å²) in [5, 5.41) is 6.48. The molecule has 2 aromatic rings. The smallest absolute Gasteiger partial charge is 0.271 e. The Morgan fingerprint density at radius 3 is 2.75 bits per heavy atom. The van der Waals surface area contributed by atoms with E-state index in [1.54, 1.807) is 17.2 Å². The largest absolute Gasteiger partial charge is 0.490 e. The van der Waals surface area contributed by atoms with Crippen molar-refractivity contribution in [3.63, 3.8) is 0 Å². The van der Waals surface area contributed by atoms with Crippen molar-refractivity contribution in [2.24, 2.45) is 11.7 Å². The van der Waals surface area contributed by atoms with Gasteiger partial charge in [0.25, 0.3) is 5.91 Å². The summed E-state index contributed by atoms with van der Waals surface area (Å²) < 4.78 is 6.02. The predicted molar refractivity (Wildman–Crippen MR) is 87.3 cm³/mol. The molecule has 1 aromatic carbocycles. The van der Waals surface area contributed by atoms with E-state index in [1.807, 2.05) is 30.3 Å². The molecular formula is C17H20N4O3. The minimum Gasteiger partial charge on any atom is -0.490 e. The molecule has 1 aromatic heterocycles. The lowest BCUT2D eigenvalue weighted by Gasteiger charge is -2.38. The highest BCUT2D eigenvalue weighted by molar-refractivity contribution is 5.92. The number of rotatable bonds is 5. The topological polar surface area (TPSA) is 101 Å². The molecule has 2 heterocycles. The third kappa shape index (κ3) is 3.73. The molecule has 1 fully saturated rings. The molecule has 0 saturated carbocycles. The van der Waals surface area contributed by atoms with Crippen LogP contribution in [-0.2, 0) is 4.79 Å². The Kier molecular flexibility index (Phi) is 4.79. The number of primary amides is 1. The molecule has 0 unspecified atom stereocenters. The second kappa shape index (κ2) is 7.16. The standard InChI is InChI=1S/C17H20N4O3/c18-16(22)10-12-11-21(17(23)14-6-8-19-20-14)9-7-15(12)24-13-4-2-1-3-5-13/h1-6,8,12,15H,7,9-11H2,(H2,18,22)(H,19,20)/t12-,15-/m0/s1. The first-order chi connectivity index (χ1) is 11.6. The fraction of sp³-hybridized carbons (Fsp3) is 0.353. The number of carbonyl (C=O) groups is 2. The number of piperidine rings is 1. The Morgan fingerprint density at radius 1 is 1.29 bits per heavy atom. The van der Waals surface area contributed by atoms with Crippen LogP contribution in [0.2, 0.25) is 0 Å². The van der Waals surface area contributed by atoms with Gasteiger partial charge in [-0.2, -0.15) is 5.10 Å². The number of hydrogen-bond donors (Lipinski definition) is 2. The first-order valence-corrected chi connectivity index (χ1v) is 7.92. The Labute approximate surface area is 139 Å². The first-order valence-electron chi connectivity index (χ1n) is 7.92. The van der Waals surface area contributed by atoms with Gasteiger partial charge in [0.05, 0.1) is 0 Å². The monoisotopic (exact) mass is 328 g/mol. The van der Waals surface area contributed by atoms with Crippen molar-refractivity contribution in [1.82, 2.24) is 15.1 Å². The van der Waals surface area contributed by atoms with E-state index in [0.29, 0.717) is 25.2 Å². The van der Waals surface area contributed by atoms with E-state index in [-0.39, 0.29) is 24.3 Å². The molecule has 1 saturated heterocycles. The van der Waals surface area contributed by atoms with Gasteiger partial charge in [-0.05, 0) is 18.2 Å². The van der Waals surface area contributed by atoms with E-state index < -0.39 is 5.91 Å². The minimum atomic E-state index is -0.391. The third-order valence-electron chi connectivity index (χ3n) is 4.18. The number of hydrogen-bond acceptors (Lipinski definition) is 4. The van der Waals surface area contributed by atoms with E-state index in [1.165, 1.54) is 0 Å². The van der Waals surface area contributed by atoms with Gasteiger partial charge in [0, 0.05) is 38.0 Å². The molecule has 24 heavy (non-hydrogen) atoms. The van der Waals surface area contributed by atoms with Crippen molar-refractivity contribution in [3.8, 4) is 5.75 Å². The van der Waals surface area contributed by atoms with Crippen LogP contribution in [0.3, 0.4) is 0 Å². The van der Waals surface area contributed by atoms with E-state index in [9.17, 15) is 9.59 Å². The lowest BCUT2D eigenvalue weighted by atomic mass is 9.91. The summed E-state index contributed by atoms with van der Waals surface area (Å²) in [5.74, 6) is 0.103. The number of benzene rings is 1. The van der Waals surface area contributed by atoms with Crippen LogP contribution in [0.15, 0.2) is 42.6 Å². The minimum absolute atomic E-state index is 0.125. The van der Waals surface area contributed by atoms with Crippen LogP contribution in [0.4, 0.5) is 0 Å². The van der Waals surface area contributed by atoms with Gasteiger partial charge in [0.2, 0.25) is 5.91 Å². The molecule has 3 rings (SSSR count). The first kappa shape index (κ1) is 16.0. The number of aromatic amines is 1. The molecule has 7 heteroatoms. The van der Waals surface area contributed by atoms with Gasteiger partial charge in [-0.25, -0.2) is 0 Å². The van der Waals surface area contributed by atoms with Gasteiger partial charge in [0.1, 0.15) is 17.5 Å². The molecule has 0 radical (unpaired) electrons. The number of nitrogens with two attached hydrogens (primary N) is 1. The zero-order chi connectivity index (χ0) is 16.9. The molecule has 0 bridgehead atoms. The van der Waals surface area contributed by atoms with Crippen LogP contribution >= 0.6 is 0 Å². The van der Waals surface area contributed by atoms with E-state index in [2.05, 4.69) is 10.2 Å². The number of likely N-dealkylation sites (tertiary alicyclic amines) is 1. The number of amides is 2. The fourth-order valence-electron chi connectivity index (χ4n) is 3.02. The third-order valence-corrected chi connectivity index (χ3v) is 4.18. The molecule has 126 valence electrons. The van der Waals surface area contributed by atoms with E-state index >= 15 is 0 Å². The molecule has 0 aliphatic carbocycles. The Bertz CT molecular complexity index is 687. The van der Waals surface area contributed by atoms with Gasteiger partial charge in [-0.15, -0.1) is 0 Å². The molecule has 1 aliphatic heterocycles. The van der Waals surface area contributed by atoms with Gasteiger partial charge < -0.3 is 15.4 Å². The van der Waals surface area contributed by atoms with Gasteiger partial charge in [-0.3, -0.25) is 14.7 Å². The number of carbonyl (C=O) groups excluding carboxylic acids is 2. The van der Waals surface area contributed by atoms with Crippen molar-refractivity contribution in [2.45, 2.75) is 18.9 Å². The van der Waals surface area contributed by atoms with E-state index in [4.69, 9.17) is 10.5 Å². The second-order valence-electron chi connectivity index (χ2n) is 5.91. The van der Waals surface area contributed by atoms with Crippen molar-refractivity contribution in [3.05, 3.63) is 48.3 Å². The number of para-hydroxylation sites is 1. The molecule has 3 N–H and O–H groups in total. The zero-order valence-corrected chi connectivity index (χ0v) is 13.2. The summed E-state index contributed by atoms with van der Waals surface area (Å²) in [7, 11) is 0. The van der Waals surface area contributed by atoms with Gasteiger partial charge in [-0.1, -0.05) is 18.2 Å². The van der Waals surface area contributed by atoms with Crippen LogP contribution < -0.4 is 10.5 Å². The zero-order valence-electron chi connectivity index (χ0n) is 13.2. The van der Waals surface area contributed by atoms with Gasteiger partial charge >= 0.3 is 0 Å². The normalized spacial score (nSPS) is 20.6. The number of ether oxygens (including phenoxy) is 1. The van der Waals surface area contributed by atoms with Gasteiger partial charge in [0.15, 0.2) is 0 Å². The van der Waals surface area contributed by atoms with Crippen molar-refractivity contribution in [2.75, 3.05) is 13.1 Å². The van der Waals surface area contributed by atoms with E-state index in [0.717, 1.165) is 5.75 Å². The highest BCUT2D eigenvalue weighted by Crippen LogP contribution is 2.26. The quantitative estimate of drug-likeness (QED) is 0.861. The summed E-state index contributed by atoms with van der Waals surface area (Å²) in [6.45, 7) is 0.989. The molecule has 1 aliphatic rings. The average Bonchev–Trinajstić information content (AvgIpc) is 3.11. The van der Waals surface area contributed by atoms with Crippen LogP contribution in [-0.4, -0.2) is 46.1 Å². The number of H-pyrrole nitrogens is 1. The number of nitrogens with one attached hydrogen (secondary N) is 1. The maximum Gasteiger partial charge on any atom is 0.271 e. The summed E-state index contributed by atoms with van der Waals surface area (Å²) in [4.78, 5) is 25.6. The number of nitrogens with zero attached hydrogens (tertiary/aromatic N) is 2. The fourth-order valence-corrected chi connectivity index (χ4v) is 3.02. The number of aromatic nitrogens is 2. The van der Waals surface area contributed by atoms with Crippen LogP contribution in [0.1, 0.15) is 23.3 Å². The maximum atomic E-state index is 12.5. The SMILES string of the molecule is NC(=O)C[C@H]1CN(C(=O)c2ccn[nH]2)CC[C@@H]1Oc1ccccc1. The lowest BCUT2D eigenvalue weighted by Crippen LogP contribution is -2.49. The summed E-state index contributed by atoms with van der Waals surface area (Å²) in [6.07, 6.45) is 2.22. The highest BCUT2D eigenvalue weighted by Gasteiger charge is 2.34. The Balaban J connectivity index is 1.70. The van der Waals surface area contributed by atoms with Crippen LogP contribution in [0, 0.1) is 5.92 Å². The lowest BCUT2D eigenvalue weighted by molar-refractivity contribution is -0.120. The van der Waals surface area contributed by atoms with Crippen LogP contribution in [0.25, 0.3) is 0 Å². The molecular weight excluding hydrogens is 308 g/mol. The summed E-state index contributed by atoms with van der Waals surface area (Å²) in [6, 6.07) is 11.1. The van der Waals surface area contributed by atoms with Crippen molar-refractivity contribution < 1.29 is 14.3 Å². The second-order valence-corrected chi connectivity index (χ2v) is 5.91. The molecule has 2 amide bonds. The van der Waals surface area contributed by atoms with Crippen molar-refractivity contribution >= 4 is 11.8 Å². The van der Waals surface area contributed by atoms with Crippen molar-refractivity contribution in [1.29, 1.82) is 0 Å². The molecule has 0 spiro atoms. The van der Waals surface area contributed by atoms with Crippen LogP contribution in [0.5, 0.6) is 5.75 Å². The predicted octanol–water partition coefficient (Wildman–Crippen LogP) is 1.19. The molecule has 2 atom stereocenters. The Hall–Kier alpha value is -2.83.